The summed E-state index contributed by atoms with van der Waals surface area (Å²) in [6, 6.07) is 11.5. The lowest BCUT2D eigenvalue weighted by Gasteiger charge is -2.48. The molecule has 2 aromatic rings. The number of nitrogens with zero attached hydrogens (tertiary/aromatic N) is 1. The molecule has 3 amide bonds. The predicted molar refractivity (Wildman–Crippen MR) is 188 cm³/mol. The minimum Gasteiger partial charge on any atom is -0.463 e. The molecule has 1 heterocycles. The van der Waals surface area contributed by atoms with Crippen LogP contribution in [0.4, 0.5) is 4.79 Å². The Kier molecular flexibility index (Phi) is 15.3. The summed E-state index contributed by atoms with van der Waals surface area (Å²) >= 11 is 0. The number of amides is 3. The third-order valence-corrected chi connectivity index (χ3v) is 9.37. The van der Waals surface area contributed by atoms with E-state index in [2.05, 4.69) is 10.6 Å². The molecule has 1 aliphatic rings. The van der Waals surface area contributed by atoms with Crippen molar-refractivity contribution in [2.24, 2.45) is 0 Å². The molecule has 2 N–H and O–H groups in total. The number of sulfonamides is 1. The van der Waals surface area contributed by atoms with Gasteiger partial charge in [-0.25, -0.2) is 22.3 Å². The summed E-state index contributed by atoms with van der Waals surface area (Å²) in [7, 11) is -4.85. The average molecular weight is 792 g/mol. The van der Waals surface area contributed by atoms with Crippen molar-refractivity contribution in [1.82, 2.24) is 14.9 Å². The number of nitrogens with one attached hydrogen (secondary N) is 2. The minimum absolute atomic E-state index is 0.230. The number of ether oxygens (including phenoxy) is 6. The van der Waals surface area contributed by atoms with Crippen molar-refractivity contribution in [1.29, 1.82) is 0 Å². The van der Waals surface area contributed by atoms with E-state index in [0.29, 0.717) is 9.87 Å². The van der Waals surface area contributed by atoms with Crippen molar-refractivity contribution in [3.8, 4) is 0 Å². The fraction of sp³-hybridized carbons (Fsp3) is 0.472. The molecule has 18 nitrogen and oxygen atoms in total. The highest BCUT2D eigenvalue weighted by atomic mass is 32.2. The van der Waals surface area contributed by atoms with Crippen LogP contribution in [-0.2, 0) is 73.8 Å². The van der Waals surface area contributed by atoms with Gasteiger partial charge in [-0.2, -0.15) is 0 Å². The smallest absolute Gasteiger partial charge is 0.408 e. The van der Waals surface area contributed by atoms with E-state index in [1.165, 1.54) is 30.3 Å². The van der Waals surface area contributed by atoms with Crippen molar-refractivity contribution < 1.29 is 70.4 Å². The molecule has 0 radical (unpaired) electrons. The molecular weight excluding hydrogens is 746 g/mol. The Morgan fingerprint density at radius 2 is 1.36 bits per heavy atom. The maximum absolute atomic E-state index is 14.1. The Balaban J connectivity index is 2.11. The first-order valence-corrected chi connectivity index (χ1v) is 18.4. The molecule has 6 atom stereocenters. The Labute approximate surface area is 318 Å². The van der Waals surface area contributed by atoms with Crippen LogP contribution in [0.3, 0.4) is 0 Å². The molecule has 0 spiro atoms. The van der Waals surface area contributed by atoms with E-state index in [1.54, 1.807) is 51.1 Å². The molecule has 2 aromatic carbocycles. The highest BCUT2D eigenvalue weighted by Gasteiger charge is 2.56. The number of carbonyl (C=O) groups is 7. The van der Waals surface area contributed by atoms with Gasteiger partial charge in [0.1, 0.15) is 37.0 Å². The fourth-order valence-electron chi connectivity index (χ4n) is 5.42. The lowest BCUT2D eigenvalue weighted by Crippen LogP contribution is -2.71. The van der Waals surface area contributed by atoms with Gasteiger partial charge in [0.15, 0.2) is 18.4 Å². The van der Waals surface area contributed by atoms with Crippen LogP contribution in [0.2, 0.25) is 0 Å². The fourth-order valence-corrected chi connectivity index (χ4v) is 7.04. The second kappa shape index (κ2) is 19.2. The Morgan fingerprint density at radius 3 is 1.89 bits per heavy atom. The number of benzene rings is 2. The van der Waals surface area contributed by atoms with E-state index in [9.17, 15) is 42.0 Å². The molecule has 0 aliphatic carbocycles. The Morgan fingerprint density at radius 1 is 0.800 bits per heavy atom. The zero-order valence-corrected chi connectivity index (χ0v) is 32.2. The Bertz CT molecular complexity index is 1820. The van der Waals surface area contributed by atoms with Gasteiger partial charge in [0.2, 0.25) is 11.8 Å². The van der Waals surface area contributed by atoms with E-state index in [1.807, 2.05) is 0 Å². The van der Waals surface area contributed by atoms with E-state index in [4.69, 9.17) is 28.4 Å². The number of alkyl carbamates (subject to hydrolysis) is 1. The predicted octanol–water partition coefficient (Wildman–Crippen LogP) is 1.89. The number of esters is 4. The molecule has 3 rings (SSSR count). The van der Waals surface area contributed by atoms with Crippen molar-refractivity contribution in [2.75, 3.05) is 6.61 Å². The van der Waals surface area contributed by atoms with Gasteiger partial charge in [-0.05, 0) is 38.5 Å². The zero-order valence-electron chi connectivity index (χ0n) is 31.3. The molecule has 19 heteroatoms. The summed E-state index contributed by atoms with van der Waals surface area (Å²) in [5.41, 5.74) is -0.411. The van der Waals surface area contributed by atoms with Gasteiger partial charge in [-0.15, -0.1) is 0 Å². The third kappa shape index (κ3) is 13.1. The van der Waals surface area contributed by atoms with Crippen LogP contribution in [0.1, 0.15) is 60.5 Å². The van der Waals surface area contributed by atoms with Crippen LogP contribution in [0, 0.1) is 0 Å². The second-order valence-corrected chi connectivity index (χ2v) is 15.0. The van der Waals surface area contributed by atoms with Gasteiger partial charge in [-0.3, -0.25) is 24.0 Å². The van der Waals surface area contributed by atoms with E-state index in [0.717, 1.165) is 27.7 Å². The van der Waals surface area contributed by atoms with Crippen LogP contribution >= 0.6 is 0 Å². The lowest BCUT2D eigenvalue weighted by molar-refractivity contribution is -0.234. The van der Waals surface area contributed by atoms with E-state index in [-0.39, 0.29) is 11.5 Å². The number of hydrogen-bond acceptors (Lipinski definition) is 15. The zero-order chi connectivity index (χ0) is 41.1. The molecule has 55 heavy (non-hydrogen) atoms. The monoisotopic (exact) mass is 791 g/mol. The van der Waals surface area contributed by atoms with Crippen molar-refractivity contribution in [3.63, 3.8) is 0 Å². The topological polar surface area (TPSA) is 236 Å². The molecule has 1 saturated heterocycles. The normalized spacial score (nSPS) is 20.1. The molecule has 1 aliphatic heterocycles. The van der Waals surface area contributed by atoms with Gasteiger partial charge in [0.05, 0.1) is 11.3 Å². The second-order valence-electron chi connectivity index (χ2n) is 13.2. The summed E-state index contributed by atoms with van der Waals surface area (Å²) in [6.07, 6.45) is -8.99. The van der Waals surface area contributed by atoms with Gasteiger partial charge in [-0.1, -0.05) is 48.5 Å². The summed E-state index contributed by atoms with van der Waals surface area (Å²) in [5.74, 6) is -6.05. The quantitative estimate of drug-likeness (QED) is 0.205. The minimum atomic E-state index is -4.85. The van der Waals surface area contributed by atoms with Crippen LogP contribution in [-0.4, -0.2) is 103 Å². The van der Waals surface area contributed by atoms with Crippen molar-refractivity contribution in [2.45, 2.75) is 109 Å². The molecule has 3 unspecified atom stereocenters. The SMILES string of the molecule is CC(=O)OCC1O[C@@H](NC(=O)C[C@H](NC(=O)OC(C)(C)C)C(=O)OCc2ccccc2)C(N(C(C)=O)S(=O)(=O)c2ccccc2)C(OC(C)=O)[C@@H]1OC(C)=O. The average Bonchev–Trinajstić information content (AvgIpc) is 3.07. The summed E-state index contributed by atoms with van der Waals surface area (Å²) in [4.78, 5) is 89.7. The van der Waals surface area contributed by atoms with Crippen molar-refractivity contribution >= 4 is 51.8 Å². The van der Waals surface area contributed by atoms with Gasteiger partial charge in [0.25, 0.3) is 10.0 Å². The van der Waals surface area contributed by atoms with Crippen LogP contribution in [0.5, 0.6) is 0 Å². The van der Waals surface area contributed by atoms with Crippen LogP contribution in [0.15, 0.2) is 65.6 Å². The standard InChI is InChI=1S/C36H45N3O15S/c1-21(40)39(55(47,48)26-16-12-9-13-17-26)30-32(52-24(4)43)31(51-23(3)42)28(20-49-22(2)41)53-33(30)38-29(44)18-27(37-35(46)54-36(5,6)7)34(45)50-19-25-14-10-8-11-15-25/h8-17,27-28,30-33H,18-20H2,1-7H3,(H,37,46)(H,38,44)/t27-,28?,30?,31+,32?,33+/m0/s1. The number of hydrogen-bond donors (Lipinski definition) is 2. The summed E-state index contributed by atoms with van der Waals surface area (Å²) < 4.78 is 61.3. The van der Waals surface area contributed by atoms with E-state index >= 15 is 0 Å². The maximum atomic E-state index is 14.1. The highest BCUT2D eigenvalue weighted by Crippen LogP contribution is 2.33. The molecule has 300 valence electrons. The molecule has 0 saturated carbocycles. The molecule has 0 aromatic heterocycles. The lowest BCUT2D eigenvalue weighted by atomic mass is 9.94. The van der Waals surface area contributed by atoms with Crippen LogP contribution in [0.25, 0.3) is 0 Å². The largest absolute Gasteiger partial charge is 0.463 e. The third-order valence-electron chi connectivity index (χ3n) is 7.49. The van der Waals surface area contributed by atoms with Crippen molar-refractivity contribution in [3.05, 3.63) is 66.2 Å². The maximum Gasteiger partial charge on any atom is 0.408 e. The van der Waals surface area contributed by atoms with Gasteiger partial charge in [0, 0.05) is 27.7 Å². The summed E-state index contributed by atoms with van der Waals surface area (Å²) in [6.45, 7) is 7.73. The number of rotatable bonds is 14. The molecular formula is C36H45N3O15S. The first kappa shape index (κ1) is 43.8. The van der Waals surface area contributed by atoms with E-state index < -0.39 is 107 Å². The summed E-state index contributed by atoms with van der Waals surface area (Å²) in [5, 5.41) is 4.71. The molecule has 0 bridgehead atoms. The van der Waals surface area contributed by atoms with Gasteiger partial charge < -0.3 is 39.1 Å². The Hall–Kier alpha value is -5.56. The first-order chi connectivity index (χ1) is 25.7. The molecule has 1 fully saturated rings. The van der Waals surface area contributed by atoms with Gasteiger partial charge >= 0.3 is 30.0 Å². The highest BCUT2D eigenvalue weighted by molar-refractivity contribution is 7.89. The number of carbonyl (C=O) groups excluding carboxylic acids is 7. The van der Waals surface area contributed by atoms with Crippen LogP contribution < -0.4 is 10.6 Å². The first-order valence-electron chi connectivity index (χ1n) is 16.9.